The fraction of sp³-hybridized carbons (Fsp3) is 0.417. The van der Waals surface area contributed by atoms with E-state index in [9.17, 15) is 26.4 Å². The summed E-state index contributed by atoms with van der Waals surface area (Å²) in [5.41, 5.74) is 0. The van der Waals surface area contributed by atoms with Gasteiger partial charge in [0, 0.05) is 6.07 Å². The number of carboxylic acids is 1. The van der Waals surface area contributed by atoms with E-state index < -0.39 is 44.4 Å². The van der Waals surface area contributed by atoms with Crippen molar-refractivity contribution in [3.8, 4) is 0 Å². The standard InChI is InChI=1S/C12H14F3NO4S/c1-2-3-4-10(12(17)18)16-21(19,20)11-6-8(14)7(13)5-9(11)15/h5-6,10,16H,2-4H2,1H3,(H,17,18). The largest absolute Gasteiger partial charge is 0.480 e. The van der Waals surface area contributed by atoms with E-state index in [1.807, 2.05) is 0 Å². The molecule has 1 aromatic carbocycles. The zero-order valence-electron chi connectivity index (χ0n) is 11.1. The van der Waals surface area contributed by atoms with Gasteiger partial charge in [-0.1, -0.05) is 19.8 Å². The summed E-state index contributed by atoms with van der Waals surface area (Å²) in [6, 6.07) is -1.21. The van der Waals surface area contributed by atoms with Crippen LogP contribution in [-0.4, -0.2) is 25.5 Å². The lowest BCUT2D eigenvalue weighted by Gasteiger charge is -2.15. The van der Waals surface area contributed by atoms with Crippen molar-refractivity contribution in [1.29, 1.82) is 0 Å². The Morgan fingerprint density at radius 1 is 1.24 bits per heavy atom. The van der Waals surface area contributed by atoms with E-state index >= 15 is 0 Å². The van der Waals surface area contributed by atoms with Gasteiger partial charge in [-0.05, 0) is 12.5 Å². The van der Waals surface area contributed by atoms with Crippen molar-refractivity contribution in [1.82, 2.24) is 4.72 Å². The Balaban J connectivity index is 3.10. The van der Waals surface area contributed by atoms with Crippen LogP contribution in [0.5, 0.6) is 0 Å². The first-order valence-electron chi connectivity index (χ1n) is 6.08. The molecular weight excluding hydrogens is 311 g/mol. The quantitative estimate of drug-likeness (QED) is 0.751. The van der Waals surface area contributed by atoms with Crippen LogP contribution < -0.4 is 4.72 Å². The maximum Gasteiger partial charge on any atom is 0.321 e. The first-order chi connectivity index (χ1) is 9.69. The van der Waals surface area contributed by atoms with E-state index in [0.29, 0.717) is 12.8 Å². The third-order valence-electron chi connectivity index (χ3n) is 2.71. The van der Waals surface area contributed by atoms with E-state index in [4.69, 9.17) is 5.11 Å². The van der Waals surface area contributed by atoms with Crippen molar-refractivity contribution < 1.29 is 31.5 Å². The molecule has 21 heavy (non-hydrogen) atoms. The first kappa shape index (κ1) is 17.4. The molecule has 118 valence electrons. The number of hydrogen-bond donors (Lipinski definition) is 2. The van der Waals surface area contributed by atoms with Gasteiger partial charge in [0.15, 0.2) is 11.6 Å². The average molecular weight is 325 g/mol. The van der Waals surface area contributed by atoms with E-state index in [-0.39, 0.29) is 18.6 Å². The van der Waals surface area contributed by atoms with Crippen LogP contribution in [0.25, 0.3) is 0 Å². The molecule has 1 atom stereocenters. The molecule has 1 aromatic rings. The van der Waals surface area contributed by atoms with Crippen molar-refractivity contribution in [2.24, 2.45) is 0 Å². The Bertz CT molecular complexity index is 634. The predicted octanol–water partition coefficient (Wildman–Crippen LogP) is 2.03. The molecule has 0 radical (unpaired) electrons. The van der Waals surface area contributed by atoms with Gasteiger partial charge >= 0.3 is 5.97 Å². The maximum atomic E-state index is 13.5. The molecule has 0 heterocycles. The predicted molar refractivity (Wildman–Crippen MR) is 67.6 cm³/mol. The molecule has 0 aliphatic rings. The molecule has 1 unspecified atom stereocenters. The molecule has 0 bridgehead atoms. The third-order valence-corrected chi connectivity index (χ3v) is 4.19. The average Bonchev–Trinajstić information content (AvgIpc) is 2.38. The number of rotatable bonds is 7. The second-order valence-corrected chi connectivity index (χ2v) is 6.03. The second-order valence-electron chi connectivity index (χ2n) is 4.35. The Morgan fingerprint density at radius 3 is 2.33 bits per heavy atom. The zero-order valence-corrected chi connectivity index (χ0v) is 11.9. The van der Waals surface area contributed by atoms with Crippen LogP contribution >= 0.6 is 0 Å². The summed E-state index contributed by atoms with van der Waals surface area (Å²) in [7, 11) is -4.62. The molecule has 2 N–H and O–H groups in total. The minimum Gasteiger partial charge on any atom is -0.480 e. The Kier molecular flexibility index (Phi) is 5.73. The zero-order chi connectivity index (χ0) is 16.2. The number of hydrogen-bond acceptors (Lipinski definition) is 3. The van der Waals surface area contributed by atoms with Crippen LogP contribution in [-0.2, 0) is 14.8 Å². The van der Waals surface area contributed by atoms with Gasteiger partial charge in [0.1, 0.15) is 16.8 Å². The summed E-state index contributed by atoms with van der Waals surface area (Å²) in [6.45, 7) is 1.78. The lowest BCUT2D eigenvalue weighted by atomic mass is 10.1. The molecule has 0 amide bonds. The molecule has 0 fully saturated rings. The summed E-state index contributed by atoms with van der Waals surface area (Å²) in [6.07, 6.45) is 1.06. The molecule has 0 spiro atoms. The Morgan fingerprint density at radius 2 is 1.81 bits per heavy atom. The molecule has 0 aromatic heterocycles. The van der Waals surface area contributed by atoms with E-state index in [2.05, 4.69) is 0 Å². The van der Waals surface area contributed by atoms with Crippen LogP contribution in [0.2, 0.25) is 0 Å². The van der Waals surface area contributed by atoms with E-state index in [1.165, 1.54) is 0 Å². The normalized spacial score (nSPS) is 13.1. The smallest absolute Gasteiger partial charge is 0.321 e. The number of benzene rings is 1. The molecule has 0 saturated heterocycles. The van der Waals surface area contributed by atoms with Crippen molar-refractivity contribution in [2.75, 3.05) is 0 Å². The fourth-order valence-corrected chi connectivity index (χ4v) is 2.90. The SMILES string of the molecule is CCCCC(NS(=O)(=O)c1cc(F)c(F)cc1F)C(=O)O. The van der Waals surface area contributed by atoms with Crippen LogP contribution in [0.15, 0.2) is 17.0 Å². The van der Waals surface area contributed by atoms with Crippen molar-refractivity contribution in [3.63, 3.8) is 0 Å². The van der Waals surface area contributed by atoms with E-state index in [0.717, 1.165) is 0 Å². The topological polar surface area (TPSA) is 83.5 Å². The number of nitrogens with one attached hydrogen (secondary N) is 1. The number of carboxylic acid groups (broad SMARTS) is 1. The maximum absolute atomic E-state index is 13.5. The van der Waals surface area contributed by atoms with Crippen LogP contribution in [0.3, 0.4) is 0 Å². The van der Waals surface area contributed by atoms with Crippen molar-refractivity contribution >= 4 is 16.0 Å². The number of sulfonamides is 1. The monoisotopic (exact) mass is 325 g/mol. The minimum atomic E-state index is -4.62. The van der Waals surface area contributed by atoms with Crippen LogP contribution in [0, 0.1) is 17.5 Å². The highest BCUT2D eigenvalue weighted by Gasteiger charge is 2.28. The summed E-state index contributed by atoms with van der Waals surface area (Å²) >= 11 is 0. The second kappa shape index (κ2) is 6.90. The minimum absolute atomic E-state index is 0.00361. The summed E-state index contributed by atoms with van der Waals surface area (Å²) in [4.78, 5) is 9.83. The molecule has 1 rings (SSSR count). The fourth-order valence-electron chi connectivity index (χ4n) is 1.60. The molecular formula is C12H14F3NO4S. The van der Waals surface area contributed by atoms with Crippen molar-refractivity contribution in [2.45, 2.75) is 37.1 Å². The summed E-state index contributed by atoms with van der Waals surface area (Å²) < 4.78 is 64.8. The number of carbonyl (C=O) groups is 1. The van der Waals surface area contributed by atoms with Gasteiger partial charge in [-0.15, -0.1) is 0 Å². The molecule has 0 aliphatic carbocycles. The van der Waals surface area contributed by atoms with E-state index in [1.54, 1.807) is 11.6 Å². The lowest BCUT2D eigenvalue weighted by Crippen LogP contribution is -2.41. The third kappa shape index (κ3) is 4.43. The van der Waals surface area contributed by atoms with Gasteiger partial charge in [0.25, 0.3) is 0 Å². The van der Waals surface area contributed by atoms with Gasteiger partial charge < -0.3 is 5.11 Å². The molecule has 0 aliphatic heterocycles. The lowest BCUT2D eigenvalue weighted by molar-refractivity contribution is -0.139. The first-order valence-corrected chi connectivity index (χ1v) is 7.57. The highest BCUT2D eigenvalue weighted by molar-refractivity contribution is 7.89. The van der Waals surface area contributed by atoms with Crippen LogP contribution in [0.4, 0.5) is 13.2 Å². The van der Waals surface area contributed by atoms with Gasteiger partial charge in [-0.2, -0.15) is 4.72 Å². The molecule has 5 nitrogen and oxygen atoms in total. The van der Waals surface area contributed by atoms with Crippen LogP contribution in [0.1, 0.15) is 26.2 Å². The highest BCUT2D eigenvalue weighted by Crippen LogP contribution is 2.19. The van der Waals surface area contributed by atoms with Crippen molar-refractivity contribution in [3.05, 3.63) is 29.6 Å². The number of halogens is 3. The molecule has 0 saturated carbocycles. The highest BCUT2D eigenvalue weighted by atomic mass is 32.2. The van der Waals surface area contributed by atoms with Gasteiger partial charge in [-0.3, -0.25) is 4.79 Å². The Labute approximate surface area is 119 Å². The summed E-state index contributed by atoms with van der Waals surface area (Å²) in [5.74, 6) is -6.01. The number of unbranched alkanes of at least 4 members (excludes halogenated alkanes) is 1. The number of aliphatic carboxylic acids is 1. The van der Waals surface area contributed by atoms with Gasteiger partial charge in [0.2, 0.25) is 10.0 Å². The van der Waals surface area contributed by atoms with Gasteiger partial charge in [0.05, 0.1) is 0 Å². The van der Waals surface area contributed by atoms with Gasteiger partial charge in [-0.25, -0.2) is 21.6 Å². The molecule has 9 heteroatoms. The summed E-state index contributed by atoms with van der Waals surface area (Å²) in [5, 5.41) is 8.92. The Hall–Kier alpha value is -1.61.